The van der Waals surface area contributed by atoms with E-state index >= 15 is 0 Å². The highest BCUT2D eigenvalue weighted by atomic mass is 35.5. The third-order valence-electron chi connectivity index (χ3n) is 2.72. The van der Waals surface area contributed by atoms with E-state index in [-0.39, 0.29) is 22.5 Å². The predicted molar refractivity (Wildman–Crippen MR) is 84.7 cm³/mol. The Morgan fingerprint density at radius 3 is 2.73 bits per heavy atom. The van der Waals surface area contributed by atoms with E-state index in [2.05, 4.69) is 10.3 Å². The SMILES string of the molecule is Cc1c(Cl)cnc(NC(=O)CSc2ccc(F)c(F)c2)c1Cl. The molecule has 0 spiro atoms. The van der Waals surface area contributed by atoms with Crippen molar-refractivity contribution in [1.29, 1.82) is 0 Å². The van der Waals surface area contributed by atoms with Crippen LogP contribution in [-0.4, -0.2) is 16.6 Å². The van der Waals surface area contributed by atoms with Crippen LogP contribution in [0, 0.1) is 18.6 Å². The fraction of sp³-hybridized carbons (Fsp3) is 0.143. The van der Waals surface area contributed by atoms with Gasteiger partial charge in [-0.3, -0.25) is 4.79 Å². The molecule has 22 heavy (non-hydrogen) atoms. The summed E-state index contributed by atoms with van der Waals surface area (Å²) in [5.41, 5.74) is 0.613. The summed E-state index contributed by atoms with van der Waals surface area (Å²) in [7, 11) is 0. The fourth-order valence-electron chi connectivity index (χ4n) is 1.53. The normalized spacial score (nSPS) is 10.6. The lowest BCUT2D eigenvalue weighted by Crippen LogP contribution is -2.15. The van der Waals surface area contributed by atoms with Crippen LogP contribution in [0.2, 0.25) is 10.0 Å². The topological polar surface area (TPSA) is 42.0 Å². The average Bonchev–Trinajstić information content (AvgIpc) is 2.49. The van der Waals surface area contributed by atoms with Crippen LogP contribution in [0.15, 0.2) is 29.3 Å². The Kier molecular flexibility index (Phi) is 5.61. The minimum Gasteiger partial charge on any atom is -0.309 e. The number of halogens is 4. The molecule has 0 aliphatic carbocycles. The lowest BCUT2D eigenvalue weighted by atomic mass is 10.3. The van der Waals surface area contributed by atoms with Gasteiger partial charge < -0.3 is 5.32 Å². The van der Waals surface area contributed by atoms with Crippen molar-refractivity contribution in [3.63, 3.8) is 0 Å². The summed E-state index contributed by atoms with van der Waals surface area (Å²) in [6.07, 6.45) is 1.39. The number of carbonyl (C=O) groups excluding carboxylic acids is 1. The number of thioether (sulfide) groups is 1. The number of carbonyl (C=O) groups is 1. The van der Waals surface area contributed by atoms with Crippen molar-refractivity contribution in [2.45, 2.75) is 11.8 Å². The molecule has 2 rings (SSSR count). The molecule has 116 valence electrons. The van der Waals surface area contributed by atoms with Crippen molar-refractivity contribution >= 4 is 46.7 Å². The van der Waals surface area contributed by atoms with Gasteiger partial charge >= 0.3 is 0 Å². The van der Waals surface area contributed by atoms with E-state index in [1.54, 1.807) is 6.92 Å². The molecule has 1 aromatic heterocycles. The Balaban J connectivity index is 1.99. The number of hydrogen-bond donors (Lipinski definition) is 1. The maximum Gasteiger partial charge on any atom is 0.235 e. The summed E-state index contributed by atoms with van der Waals surface area (Å²) in [5.74, 6) is -2.04. The minimum absolute atomic E-state index is 0.00472. The summed E-state index contributed by atoms with van der Waals surface area (Å²) >= 11 is 13.0. The van der Waals surface area contributed by atoms with Crippen LogP contribution >= 0.6 is 35.0 Å². The van der Waals surface area contributed by atoms with Gasteiger partial charge in [-0.05, 0) is 30.7 Å². The number of amides is 1. The number of aromatic nitrogens is 1. The number of rotatable bonds is 4. The van der Waals surface area contributed by atoms with Gasteiger partial charge in [0.25, 0.3) is 0 Å². The molecule has 0 atom stereocenters. The second-order valence-corrected chi connectivity index (χ2v) is 6.14. The largest absolute Gasteiger partial charge is 0.309 e. The molecule has 0 saturated carbocycles. The molecule has 1 aromatic carbocycles. The van der Waals surface area contributed by atoms with Crippen LogP contribution < -0.4 is 5.32 Å². The number of hydrogen-bond acceptors (Lipinski definition) is 3. The van der Waals surface area contributed by atoms with Crippen molar-refractivity contribution in [3.05, 3.63) is 51.6 Å². The first-order valence-electron chi connectivity index (χ1n) is 6.06. The molecule has 1 heterocycles. The minimum atomic E-state index is -0.955. The predicted octanol–water partition coefficient (Wildman–Crippen LogP) is 4.71. The van der Waals surface area contributed by atoms with Crippen LogP contribution in [0.1, 0.15) is 5.56 Å². The summed E-state index contributed by atoms with van der Waals surface area (Å²) < 4.78 is 25.9. The van der Waals surface area contributed by atoms with Gasteiger partial charge in [0.1, 0.15) is 0 Å². The lowest BCUT2D eigenvalue weighted by molar-refractivity contribution is -0.113. The van der Waals surface area contributed by atoms with Gasteiger partial charge in [0.2, 0.25) is 5.91 Å². The molecule has 0 radical (unpaired) electrons. The van der Waals surface area contributed by atoms with Crippen LogP contribution in [0.25, 0.3) is 0 Å². The van der Waals surface area contributed by atoms with Crippen LogP contribution in [0.5, 0.6) is 0 Å². The first kappa shape index (κ1) is 17.0. The average molecular weight is 363 g/mol. The molecule has 0 bridgehead atoms. The Morgan fingerprint density at radius 2 is 2.05 bits per heavy atom. The van der Waals surface area contributed by atoms with E-state index in [0.29, 0.717) is 15.5 Å². The number of anilines is 1. The van der Waals surface area contributed by atoms with Crippen LogP contribution in [-0.2, 0) is 4.79 Å². The zero-order valence-corrected chi connectivity index (χ0v) is 13.6. The molecule has 0 aliphatic heterocycles. The molecule has 1 N–H and O–H groups in total. The smallest absolute Gasteiger partial charge is 0.235 e. The molecule has 0 aliphatic rings. The number of nitrogens with one attached hydrogen (secondary N) is 1. The van der Waals surface area contributed by atoms with Crippen LogP contribution in [0.3, 0.4) is 0 Å². The Bertz CT molecular complexity index is 728. The van der Waals surface area contributed by atoms with Gasteiger partial charge in [-0.25, -0.2) is 13.8 Å². The third kappa shape index (κ3) is 4.09. The highest BCUT2D eigenvalue weighted by Gasteiger charge is 2.12. The maximum atomic E-state index is 13.1. The maximum absolute atomic E-state index is 13.1. The Labute approximate surface area is 140 Å². The van der Waals surface area contributed by atoms with Gasteiger partial charge in [0.15, 0.2) is 17.5 Å². The first-order valence-corrected chi connectivity index (χ1v) is 7.81. The fourth-order valence-corrected chi connectivity index (χ4v) is 2.64. The second-order valence-electron chi connectivity index (χ2n) is 4.31. The van der Waals surface area contributed by atoms with Crippen LogP contribution in [0.4, 0.5) is 14.6 Å². The lowest BCUT2D eigenvalue weighted by Gasteiger charge is -2.09. The highest BCUT2D eigenvalue weighted by Crippen LogP contribution is 2.29. The molecule has 2 aromatic rings. The van der Waals surface area contributed by atoms with Crippen molar-refractivity contribution in [2.24, 2.45) is 0 Å². The number of pyridine rings is 1. The third-order valence-corrected chi connectivity index (χ3v) is 4.56. The van der Waals surface area contributed by atoms with Gasteiger partial charge in [-0.15, -0.1) is 11.8 Å². The quantitative estimate of drug-likeness (QED) is 0.801. The van der Waals surface area contributed by atoms with E-state index in [0.717, 1.165) is 23.9 Å². The summed E-state index contributed by atoms with van der Waals surface area (Å²) in [5, 5.41) is 3.21. The first-order chi connectivity index (χ1) is 10.4. The van der Waals surface area contributed by atoms with Crippen molar-refractivity contribution < 1.29 is 13.6 Å². The molecule has 0 fully saturated rings. The van der Waals surface area contributed by atoms with Gasteiger partial charge in [-0.2, -0.15) is 0 Å². The Hall–Kier alpha value is -1.37. The van der Waals surface area contributed by atoms with E-state index in [1.807, 2.05) is 0 Å². The monoisotopic (exact) mass is 362 g/mol. The van der Waals surface area contributed by atoms with E-state index in [9.17, 15) is 13.6 Å². The van der Waals surface area contributed by atoms with E-state index in [4.69, 9.17) is 23.2 Å². The van der Waals surface area contributed by atoms with Crippen molar-refractivity contribution in [1.82, 2.24) is 4.98 Å². The van der Waals surface area contributed by atoms with Gasteiger partial charge in [-0.1, -0.05) is 23.2 Å². The number of benzene rings is 1. The van der Waals surface area contributed by atoms with Crippen molar-refractivity contribution in [3.8, 4) is 0 Å². The molecule has 0 unspecified atom stereocenters. The zero-order valence-electron chi connectivity index (χ0n) is 11.3. The summed E-state index contributed by atoms with van der Waals surface area (Å²) in [6, 6.07) is 3.44. The zero-order chi connectivity index (χ0) is 16.3. The molecular weight excluding hydrogens is 353 g/mol. The highest BCUT2D eigenvalue weighted by molar-refractivity contribution is 8.00. The van der Waals surface area contributed by atoms with Gasteiger partial charge in [0, 0.05) is 11.1 Å². The Morgan fingerprint density at radius 1 is 1.32 bits per heavy atom. The molecule has 1 amide bonds. The number of nitrogens with zero attached hydrogens (tertiary/aromatic N) is 1. The summed E-state index contributed by atoms with van der Waals surface area (Å²) in [6.45, 7) is 1.71. The van der Waals surface area contributed by atoms with E-state index in [1.165, 1.54) is 12.3 Å². The molecule has 8 heteroatoms. The standard InChI is InChI=1S/C14H10Cl2F2N2OS/c1-7-9(15)5-19-14(13(7)16)20-12(21)6-22-8-2-3-10(17)11(18)4-8/h2-5H,6H2,1H3,(H,19,20,21). The van der Waals surface area contributed by atoms with Gasteiger partial charge in [0.05, 0.1) is 15.8 Å². The molecule has 0 saturated heterocycles. The van der Waals surface area contributed by atoms with E-state index < -0.39 is 11.6 Å². The molecule has 3 nitrogen and oxygen atoms in total. The second kappa shape index (κ2) is 7.26. The summed E-state index contributed by atoms with van der Waals surface area (Å²) in [4.78, 5) is 16.2. The van der Waals surface area contributed by atoms with Crippen molar-refractivity contribution in [2.75, 3.05) is 11.1 Å². The molecular formula is C14H10Cl2F2N2OS.